The molecule has 1 N–H and O–H groups in total. The first kappa shape index (κ1) is 18.8. The minimum Gasteiger partial charge on any atom is -0.294 e. The monoisotopic (exact) mass is 459 g/mol. The van der Waals surface area contributed by atoms with Crippen LogP contribution in [0.1, 0.15) is 19.0 Å². The average Bonchev–Trinajstić information content (AvgIpc) is 3.01. The number of para-hydroxylation sites is 1. The van der Waals surface area contributed by atoms with Crippen molar-refractivity contribution in [2.45, 2.75) is 24.5 Å². The van der Waals surface area contributed by atoms with Gasteiger partial charge in [0.05, 0.1) is 32.8 Å². The van der Waals surface area contributed by atoms with Crippen LogP contribution in [0, 0.1) is 0 Å². The van der Waals surface area contributed by atoms with Gasteiger partial charge in [-0.3, -0.25) is 15.4 Å². The molecular weight excluding hydrogens is 445 g/mol. The molecule has 0 bridgehead atoms. The third-order valence-corrected chi connectivity index (χ3v) is 5.52. The zero-order valence-corrected chi connectivity index (χ0v) is 17.5. The second-order valence-corrected chi connectivity index (χ2v) is 7.83. The Hall–Kier alpha value is -1.02. The van der Waals surface area contributed by atoms with E-state index in [0.29, 0.717) is 27.4 Å². The molecule has 1 atom stereocenters. The van der Waals surface area contributed by atoms with Crippen LogP contribution >= 0.6 is 50.9 Å². The maximum Gasteiger partial charge on any atom is 0.187 e. The zero-order valence-electron chi connectivity index (χ0n) is 13.6. The average molecular weight is 461 g/mol. The van der Waals surface area contributed by atoms with Gasteiger partial charge in [-0.05, 0) is 40.7 Å². The number of anilines is 1. The van der Waals surface area contributed by atoms with Gasteiger partial charge < -0.3 is 0 Å². The van der Waals surface area contributed by atoms with E-state index >= 15 is 0 Å². The summed E-state index contributed by atoms with van der Waals surface area (Å²) < 4.78 is 0.790. The highest BCUT2D eigenvalue weighted by Crippen LogP contribution is 2.32. The van der Waals surface area contributed by atoms with E-state index in [9.17, 15) is 0 Å². The van der Waals surface area contributed by atoms with Crippen molar-refractivity contribution in [2.24, 2.45) is 4.99 Å². The molecule has 25 heavy (non-hydrogen) atoms. The Morgan fingerprint density at radius 1 is 1.36 bits per heavy atom. The molecule has 0 spiro atoms. The summed E-state index contributed by atoms with van der Waals surface area (Å²) in [7, 11) is 0. The Morgan fingerprint density at radius 3 is 2.72 bits per heavy atom. The summed E-state index contributed by atoms with van der Waals surface area (Å²) >= 11 is 17.6. The molecule has 9 heteroatoms. The molecule has 1 aliphatic heterocycles. The molecule has 0 aliphatic carbocycles. The standard InChI is InChI=1S/C16H16BrCl2N5S/c1-3-9-8-24(23-14-11(18)5-4-6-12(14)19)15(21-9)13-10(17)7-20-16(22-13)25-2/h4-7,9,23H,3,8H2,1-2H3. The largest absolute Gasteiger partial charge is 0.294 e. The van der Waals surface area contributed by atoms with Crippen LogP contribution in [0.5, 0.6) is 0 Å². The van der Waals surface area contributed by atoms with Gasteiger partial charge in [0.1, 0.15) is 5.69 Å². The highest BCUT2D eigenvalue weighted by Gasteiger charge is 2.29. The van der Waals surface area contributed by atoms with E-state index in [4.69, 9.17) is 28.2 Å². The second-order valence-electron chi connectivity index (χ2n) is 5.39. The number of amidine groups is 1. The number of hydrogen-bond acceptors (Lipinski definition) is 6. The zero-order chi connectivity index (χ0) is 18.0. The number of aromatic nitrogens is 2. The topological polar surface area (TPSA) is 53.4 Å². The molecule has 1 aromatic carbocycles. The van der Waals surface area contributed by atoms with E-state index in [1.807, 2.05) is 17.3 Å². The van der Waals surface area contributed by atoms with E-state index in [-0.39, 0.29) is 6.04 Å². The Bertz CT molecular complexity index is 797. The molecule has 1 unspecified atom stereocenters. The molecule has 3 rings (SSSR count). The quantitative estimate of drug-likeness (QED) is 0.494. The number of hydrazine groups is 1. The number of hydrogen-bond donors (Lipinski definition) is 1. The van der Waals surface area contributed by atoms with Gasteiger partial charge in [-0.2, -0.15) is 0 Å². The van der Waals surface area contributed by atoms with Crippen LogP contribution in [0.2, 0.25) is 10.0 Å². The number of nitrogens with zero attached hydrogens (tertiary/aromatic N) is 4. The van der Waals surface area contributed by atoms with Crippen molar-refractivity contribution >= 4 is 62.4 Å². The molecule has 0 saturated carbocycles. The van der Waals surface area contributed by atoms with Crippen molar-refractivity contribution in [3.63, 3.8) is 0 Å². The summed E-state index contributed by atoms with van der Waals surface area (Å²) in [5, 5.41) is 3.74. The number of benzene rings is 1. The predicted molar refractivity (Wildman–Crippen MR) is 109 cm³/mol. The smallest absolute Gasteiger partial charge is 0.187 e. The molecule has 1 aromatic heterocycles. The van der Waals surface area contributed by atoms with Crippen LogP contribution in [0.3, 0.4) is 0 Å². The molecule has 1 aliphatic rings. The van der Waals surface area contributed by atoms with Crippen molar-refractivity contribution in [3.8, 4) is 0 Å². The van der Waals surface area contributed by atoms with Gasteiger partial charge in [-0.25, -0.2) is 9.97 Å². The van der Waals surface area contributed by atoms with E-state index in [1.165, 1.54) is 11.8 Å². The maximum atomic E-state index is 6.30. The Labute approximate surface area is 169 Å². The minimum absolute atomic E-state index is 0.170. The predicted octanol–water partition coefficient (Wildman–Crippen LogP) is 5.14. The lowest BCUT2D eigenvalue weighted by atomic mass is 10.2. The van der Waals surface area contributed by atoms with E-state index in [2.05, 4.69) is 38.2 Å². The molecule has 2 heterocycles. The highest BCUT2D eigenvalue weighted by atomic mass is 79.9. The van der Waals surface area contributed by atoms with Crippen LogP contribution in [0.25, 0.3) is 0 Å². The van der Waals surface area contributed by atoms with Crippen molar-refractivity contribution < 1.29 is 0 Å². The van der Waals surface area contributed by atoms with Crippen LogP contribution in [0.15, 0.2) is 39.0 Å². The van der Waals surface area contributed by atoms with Crippen LogP contribution in [-0.2, 0) is 0 Å². The molecule has 2 aromatic rings. The van der Waals surface area contributed by atoms with Crippen molar-refractivity contribution in [3.05, 3.63) is 44.6 Å². The number of rotatable bonds is 5. The highest BCUT2D eigenvalue weighted by molar-refractivity contribution is 9.10. The summed E-state index contributed by atoms with van der Waals surface area (Å²) in [5.74, 6) is 0.743. The van der Waals surface area contributed by atoms with Gasteiger partial charge in [0.15, 0.2) is 11.0 Å². The number of aliphatic imine (C=N–C) groups is 1. The Kier molecular flexibility index (Phi) is 6.09. The summed E-state index contributed by atoms with van der Waals surface area (Å²) in [6.07, 6.45) is 4.62. The third-order valence-electron chi connectivity index (χ3n) is 3.75. The van der Waals surface area contributed by atoms with Gasteiger partial charge in [0.2, 0.25) is 0 Å². The first-order chi connectivity index (χ1) is 12.0. The lowest BCUT2D eigenvalue weighted by Crippen LogP contribution is -2.36. The third kappa shape index (κ3) is 4.05. The van der Waals surface area contributed by atoms with E-state index < -0.39 is 0 Å². The minimum atomic E-state index is 0.170. The molecule has 0 radical (unpaired) electrons. The number of thioether (sulfide) groups is 1. The van der Waals surface area contributed by atoms with Crippen LogP contribution in [-0.4, -0.2) is 39.7 Å². The van der Waals surface area contributed by atoms with Crippen LogP contribution < -0.4 is 5.43 Å². The first-order valence-corrected chi connectivity index (χ1v) is 10.4. The van der Waals surface area contributed by atoms with Crippen molar-refractivity contribution in [2.75, 3.05) is 18.2 Å². The van der Waals surface area contributed by atoms with Gasteiger partial charge in [0, 0.05) is 6.20 Å². The lowest BCUT2D eigenvalue weighted by molar-refractivity contribution is 0.484. The fourth-order valence-electron chi connectivity index (χ4n) is 2.43. The summed E-state index contributed by atoms with van der Waals surface area (Å²) in [5.41, 5.74) is 4.71. The van der Waals surface area contributed by atoms with Gasteiger partial charge >= 0.3 is 0 Å². The summed E-state index contributed by atoms with van der Waals surface area (Å²) in [6, 6.07) is 5.58. The first-order valence-electron chi connectivity index (χ1n) is 7.66. The molecule has 5 nitrogen and oxygen atoms in total. The van der Waals surface area contributed by atoms with E-state index in [0.717, 1.165) is 22.4 Å². The fraction of sp³-hybridized carbons (Fsp3) is 0.312. The van der Waals surface area contributed by atoms with Crippen LogP contribution in [0.4, 0.5) is 5.69 Å². The molecule has 0 amide bonds. The lowest BCUT2D eigenvalue weighted by Gasteiger charge is -2.24. The number of nitrogens with one attached hydrogen (secondary N) is 1. The maximum absolute atomic E-state index is 6.30. The molecule has 0 fully saturated rings. The Morgan fingerprint density at radius 2 is 2.08 bits per heavy atom. The number of halogens is 3. The fourth-order valence-corrected chi connectivity index (χ4v) is 3.63. The molecule has 132 valence electrons. The van der Waals surface area contributed by atoms with E-state index in [1.54, 1.807) is 18.3 Å². The second kappa shape index (κ2) is 8.12. The van der Waals surface area contributed by atoms with Crippen molar-refractivity contribution in [1.29, 1.82) is 0 Å². The SMILES string of the molecule is CCC1CN(Nc2c(Cl)cccc2Cl)C(c2nc(SC)ncc2Br)=N1. The summed E-state index contributed by atoms with van der Waals surface area (Å²) in [6.45, 7) is 2.82. The van der Waals surface area contributed by atoms with Gasteiger partial charge in [0.25, 0.3) is 0 Å². The normalized spacial score (nSPS) is 16.9. The Balaban J connectivity index is 1.98. The molecule has 0 saturated heterocycles. The van der Waals surface area contributed by atoms with Gasteiger partial charge in [-0.1, -0.05) is 48.0 Å². The van der Waals surface area contributed by atoms with Crippen molar-refractivity contribution in [1.82, 2.24) is 15.0 Å². The van der Waals surface area contributed by atoms with Gasteiger partial charge in [-0.15, -0.1) is 0 Å². The molecular formula is C16H16BrCl2N5S. The summed E-state index contributed by atoms with van der Waals surface area (Å²) in [4.78, 5) is 13.7.